The predicted molar refractivity (Wildman–Crippen MR) is 419 cm³/mol. The predicted octanol–water partition coefficient (Wildman–Crippen LogP) is 26.1. The summed E-state index contributed by atoms with van der Waals surface area (Å²) in [6.45, 7) is 0. The van der Waals surface area contributed by atoms with Crippen LogP contribution in [0.2, 0.25) is 0 Å². The quantitative estimate of drug-likeness (QED) is 0.144. The Morgan fingerprint density at radius 2 is 0.598 bits per heavy atom. The monoisotopic (exact) mass is 1300 g/mol. The molecule has 102 heavy (non-hydrogen) atoms. The molecule has 4 heteroatoms. The highest BCUT2D eigenvalue weighted by molar-refractivity contribution is 6.07. The lowest BCUT2D eigenvalue weighted by molar-refractivity contribution is 0.628. The minimum Gasteiger partial charge on any atom is -0.456 e. The van der Waals surface area contributed by atoms with Gasteiger partial charge in [0.25, 0.3) is 0 Å². The van der Waals surface area contributed by atoms with Gasteiger partial charge in [-0.15, -0.1) is 0 Å². The van der Waals surface area contributed by atoms with Gasteiger partial charge in [0.05, 0.1) is 10.8 Å². The van der Waals surface area contributed by atoms with Crippen molar-refractivity contribution < 1.29 is 8.83 Å². The van der Waals surface area contributed by atoms with E-state index in [1.54, 1.807) is 0 Å². The number of hydrogen-bond acceptors (Lipinski definition) is 4. The topological polar surface area (TPSA) is 32.8 Å². The number of hydrogen-bond donors (Lipinski definition) is 0. The Labute approximate surface area is 590 Å². The van der Waals surface area contributed by atoms with Crippen LogP contribution in [0.1, 0.15) is 44.5 Å². The molecule has 0 saturated carbocycles. The maximum absolute atomic E-state index is 7.43. The summed E-state index contributed by atoms with van der Waals surface area (Å²) in [4.78, 5) is 4.87. The molecule has 4 aliphatic carbocycles. The molecule has 4 nitrogen and oxygen atoms in total. The average molecular weight is 1300 g/mol. The van der Waals surface area contributed by atoms with Gasteiger partial charge >= 0.3 is 0 Å². The van der Waals surface area contributed by atoms with Crippen LogP contribution in [0.3, 0.4) is 0 Å². The highest BCUT2D eigenvalue weighted by Crippen LogP contribution is 2.68. The van der Waals surface area contributed by atoms with Crippen LogP contribution >= 0.6 is 0 Å². The van der Waals surface area contributed by atoms with Crippen molar-refractivity contribution in [1.82, 2.24) is 0 Å². The zero-order valence-electron chi connectivity index (χ0n) is 55.4. The summed E-state index contributed by atoms with van der Waals surface area (Å²) in [6, 6.07) is 134. The molecule has 0 saturated heterocycles. The fourth-order valence-electron chi connectivity index (χ4n) is 18.4. The van der Waals surface area contributed by atoms with Gasteiger partial charge in [0.2, 0.25) is 0 Å². The number of nitrogens with zero attached hydrogens (tertiary/aromatic N) is 2. The van der Waals surface area contributed by atoms with Crippen LogP contribution in [0.5, 0.6) is 0 Å². The zero-order valence-corrected chi connectivity index (χ0v) is 55.4. The average Bonchev–Trinajstić information content (AvgIpc) is 1.50. The summed E-state index contributed by atoms with van der Waals surface area (Å²) in [5.74, 6) is 1.88. The van der Waals surface area contributed by atoms with Crippen molar-refractivity contribution in [3.8, 4) is 78.3 Å². The van der Waals surface area contributed by atoms with E-state index in [-0.39, 0.29) is 0 Å². The molecule has 474 valence electrons. The van der Waals surface area contributed by atoms with E-state index in [1.807, 2.05) is 0 Å². The summed E-state index contributed by atoms with van der Waals surface area (Å²) in [7, 11) is 0. The van der Waals surface area contributed by atoms with Gasteiger partial charge in [-0.25, -0.2) is 0 Å². The molecule has 2 atom stereocenters. The van der Waals surface area contributed by atoms with Crippen molar-refractivity contribution in [3.63, 3.8) is 0 Å². The lowest BCUT2D eigenvalue weighted by Crippen LogP contribution is -2.26. The summed E-state index contributed by atoms with van der Waals surface area (Å²) >= 11 is 0. The normalized spacial score (nSPS) is 15.3. The van der Waals surface area contributed by atoms with Gasteiger partial charge in [-0.2, -0.15) is 0 Å². The van der Waals surface area contributed by atoms with E-state index < -0.39 is 10.8 Å². The van der Waals surface area contributed by atoms with Crippen molar-refractivity contribution in [2.45, 2.75) is 10.8 Å². The first-order valence-corrected chi connectivity index (χ1v) is 35.3. The standard InChI is InChI=1S/C98H60N2O2/c1-3-20-61(21-4-1)64-38-44-69(45-39-64)99(70-46-40-65(41-47-70)62-22-5-2-6-23-62)74-50-54-79-77-27-9-14-33-85(77)98(90(79)60-74)88-36-17-12-30-81(88)96-94(98)83-52-43-68(58-92(83)102-96)75-32-19-26-67-57-72(49-53-76(67)75)100(71-48-42-63-24-7-8-25-66(63)56-71)73-51-55-89-84(59-73)78-28-10-15-34-86(78)97(89)87-35-16-11-29-80(87)95-93(97)82-31-13-18-37-91(82)101-95/h1-60H. The van der Waals surface area contributed by atoms with Crippen LogP contribution in [-0.4, -0.2) is 0 Å². The maximum atomic E-state index is 7.43. The van der Waals surface area contributed by atoms with E-state index in [2.05, 4.69) is 374 Å². The fourth-order valence-corrected chi connectivity index (χ4v) is 18.4. The SMILES string of the molecule is c1ccc(-c2ccc(N(c3ccc(-c4ccccc4)cc3)c3ccc4c(c3)C3(c5ccccc5-4)c4ccccc4-c4oc5cc(-c6cccc7cc(N(c8ccc9c(c8)-c8ccccc8C98c9ccccc9-c9oc%10ccccc%10c98)c8ccc9ccccc9c8)ccc67)ccc5c43)cc2)cc1. The van der Waals surface area contributed by atoms with Gasteiger partial charge in [-0.05, 0) is 195 Å². The third kappa shape index (κ3) is 7.92. The number of para-hydroxylation sites is 1. The highest BCUT2D eigenvalue weighted by Gasteiger charge is 2.56. The smallest absolute Gasteiger partial charge is 0.140 e. The molecule has 18 aromatic rings. The summed E-state index contributed by atoms with van der Waals surface area (Å²) in [5, 5.41) is 6.94. The first kappa shape index (κ1) is 56.7. The number of anilines is 6. The third-order valence-corrected chi connectivity index (χ3v) is 22.6. The highest BCUT2D eigenvalue weighted by atomic mass is 16.3. The second-order valence-corrected chi connectivity index (χ2v) is 27.7. The van der Waals surface area contributed by atoms with E-state index in [1.165, 1.54) is 99.8 Å². The Morgan fingerprint density at radius 3 is 1.26 bits per heavy atom. The van der Waals surface area contributed by atoms with Crippen LogP contribution in [0.15, 0.2) is 373 Å². The molecular formula is C98H60N2O2. The van der Waals surface area contributed by atoms with Gasteiger partial charge in [-0.3, -0.25) is 0 Å². The fraction of sp³-hybridized carbons (Fsp3) is 0.0204. The first-order chi connectivity index (χ1) is 50.6. The maximum Gasteiger partial charge on any atom is 0.140 e. The molecule has 4 aliphatic rings. The van der Waals surface area contributed by atoms with Gasteiger partial charge in [0.1, 0.15) is 22.7 Å². The lowest BCUT2D eigenvalue weighted by atomic mass is 9.70. The van der Waals surface area contributed by atoms with Gasteiger partial charge in [0, 0.05) is 67.2 Å². The Kier molecular flexibility index (Phi) is 12.0. The molecule has 16 aromatic carbocycles. The Morgan fingerprint density at radius 1 is 0.196 bits per heavy atom. The van der Waals surface area contributed by atoms with E-state index in [4.69, 9.17) is 8.83 Å². The van der Waals surface area contributed by atoms with Crippen molar-refractivity contribution in [2.24, 2.45) is 0 Å². The number of rotatable bonds is 9. The Balaban J connectivity index is 0.676. The molecule has 22 rings (SSSR count). The number of benzene rings is 16. The number of furan rings is 2. The van der Waals surface area contributed by atoms with Gasteiger partial charge in [0.15, 0.2) is 0 Å². The van der Waals surface area contributed by atoms with E-state index in [0.29, 0.717) is 0 Å². The summed E-state index contributed by atoms with van der Waals surface area (Å²) in [5.41, 5.74) is 31.1. The minimum atomic E-state index is -0.683. The van der Waals surface area contributed by atoms with Crippen LogP contribution < -0.4 is 9.80 Å². The second-order valence-electron chi connectivity index (χ2n) is 27.7. The lowest BCUT2D eigenvalue weighted by Gasteiger charge is -2.32. The van der Waals surface area contributed by atoms with Crippen LogP contribution in [0, 0.1) is 0 Å². The van der Waals surface area contributed by atoms with Gasteiger partial charge < -0.3 is 18.6 Å². The Bertz CT molecular complexity index is 6440. The van der Waals surface area contributed by atoms with Crippen LogP contribution in [-0.2, 0) is 10.8 Å². The molecule has 0 bridgehead atoms. The van der Waals surface area contributed by atoms with E-state index >= 15 is 0 Å². The molecule has 0 fully saturated rings. The zero-order chi connectivity index (χ0) is 66.8. The van der Waals surface area contributed by atoms with E-state index in [9.17, 15) is 0 Å². The molecule has 0 N–H and O–H groups in total. The summed E-state index contributed by atoms with van der Waals surface area (Å²) in [6.07, 6.45) is 0. The van der Waals surface area contributed by atoms with Crippen molar-refractivity contribution in [2.75, 3.05) is 9.80 Å². The molecular weight excluding hydrogens is 1240 g/mol. The van der Waals surface area contributed by atoms with Crippen LogP contribution in [0.25, 0.3) is 122 Å². The molecule has 2 aromatic heterocycles. The van der Waals surface area contributed by atoms with E-state index in [0.717, 1.165) is 101 Å². The largest absolute Gasteiger partial charge is 0.456 e. The molecule has 2 unspecified atom stereocenters. The molecule has 2 spiro atoms. The van der Waals surface area contributed by atoms with Crippen molar-refractivity contribution in [3.05, 3.63) is 408 Å². The van der Waals surface area contributed by atoms with Gasteiger partial charge in [-0.1, -0.05) is 279 Å². The summed E-state index contributed by atoms with van der Waals surface area (Å²) < 4.78 is 14.3. The third-order valence-electron chi connectivity index (χ3n) is 22.6. The molecule has 0 radical (unpaired) electrons. The molecule has 0 aliphatic heterocycles. The van der Waals surface area contributed by atoms with Crippen LogP contribution in [0.4, 0.5) is 34.1 Å². The Hall–Kier alpha value is -13.3. The molecule has 2 heterocycles. The first-order valence-electron chi connectivity index (χ1n) is 35.3. The van der Waals surface area contributed by atoms with Crippen molar-refractivity contribution >= 4 is 77.6 Å². The van der Waals surface area contributed by atoms with Crippen molar-refractivity contribution in [1.29, 1.82) is 0 Å². The second kappa shape index (κ2) is 21.6. The minimum absolute atomic E-state index is 0.559. The molecule has 0 amide bonds. The number of fused-ring (bicyclic) bond motifs is 26.